The molecule has 0 aliphatic carbocycles. The largest absolute Gasteiger partial charge is 0.491 e. The van der Waals surface area contributed by atoms with Crippen molar-refractivity contribution in [1.82, 2.24) is 4.98 Å². The molecule has 0 saturated heterocycles. The molecule has 20 heavy (non-hydrogen) atoms. The number of nitrogens with two attached hydrogens (primary N) is 1. The third-order valence-electron chi connectivity index (χ3n) is 3.47. The molecule has 0 saturated carbocycles. The first-order valence-corrected chi connectivity index (χ1v) is 6.85. The maximum Gasteiger partial charge on any atom is 0.145 e. The van der Waals surface area contributed by atoms with Gasteiger partial charge in [0.2, 0.25) is 0 Å². The zero-order valence-electron chi connectivity index (χ0n) is 11.7. The van der Waals surface area contributed by atoms with E-state index in [9.17, 15) is 0 Å². The van der Waals surface area contributed by atoms with Gasteiger partial charge in [-0.25, -0.2) is 0 Å². The second-order valence-corrected chi connectivity index (χ2v) is 4.90. The van der Waals surface area contributed by atoms with Crippen molar-refractivity contribution < 1.29 is 4.74 Å². The van der Waals surface area contributed by atoms with Gasteiger partial charge in [-0.3, -0.25) is 4.98 Å². The summed E-state index contributed by atoms with van der Waals surface area (Å²) in [5, 5.41) is 10.1. The summed E-state index contributed by atoms with van der Waals surface area (Å²) in [4.78, 5) is 4.34. The number of para-hydroxylation sites is 1. The van der Waals surface area contributed by atoms with Crippen LogP contribution in [0, 0.1) is 11.3 Å². The number of aromatic nitrogens is 1. The number of nitrogens with zero attached hydrogens (tertiary/aromatic N) is 2. The highest BCUT2D eigenvalue weighted by atomic mass is 16.5. The van der Waals surface area contributed by atoms with E-state index in [1.165, 1.54) is 0 Å². The fraction of sp³-hybridized carbons (Fsp3) is 0.375. The molecule has 4 heteroatoms. The lowest BCUT2D eigenvalue weighted by Crippen LogP contribution is -2.37. The van der Waals surface area contributed by atoms with Crippen molar-refractivity contribution in [3.63, 3.8) is 0 Å². The van der Waals surface area contributed by atoms with Gasteiger partial charge in [0.25, 0.3) is 0 Å². The lowest BCUT2D eigenvalue weighted by molar-refractivity contribution is 0.294. The summed E-state index contributed by atoms with van der Waals surface area (Å²) in [6.07, 6.45) is 3.80. The Kier molecular flexibility index (Phi) is 4.54. The Morgan fingerprint density at radius 3 is 2.90 bits per heavy atom. The van der Waals surface area contributed by atoms with Crippen molar-refractivity contribution in [2.75, 3.05) is 6.61 Å². The molecular weight excluding hydrogens is 250 g/mol. The normalized spacial score (nSPS) is 13.7. The van der Waals surface area contributed by atoms with E-state index >= 15 is 0 Å². The number of benzene rings is 1. The van der Waals surface area contributed by atoms with Gasteiger partial charge in [0.05, 0.1) is 12.7 Å². The summed E-state index contributed by atoms with van der Waals surface area (Å²) >= 11 is 0. The molecule has 2 aromatic rings. The number of hydrogen-bond acceptors (Lipinski definition) is 4. The summed E-state index contributed by atoms with van der Waals surface area (Å²) in [7, 11) is 0. The molecule has 0 amide bonds. The van der Waals surface area contributed by atoms with E-state index < -0.39 is 5.54 Å². The van der Waals surface area contributed by atoms with E-state index in [1.54, 1.807) is 6.20 Å². The Bertz CT molecular complexity index is 615. The summed E-state index contributed by atoms with van der Waals surface area (Å²) < 4.78 is 5.78. The molecular formula is C16H19N3O. The van der Waals surface area contributed by atoms with Gasteiger partial charge in [-0.1, -0.05) is 25.1 Å². The highest BCUT2D eigenvalue weighted by Gasteiger charge is 2.21. The minimum absolute atomic E-state index is 0.538. The number of hydrogen-bond donors (Lipinski definition) is 1. The van der Waals surface area contributed by atoms with E-state index in [0.29, 0.717) is 19.4 Å². The van der Waals surface area contributed by atoms with E-state index in [-0.39, 0.29) is 0 Å². The Hall–Kier alpha value is -2.12. The van der Waals surface area contributed by atoms with Gasteiger partial charge in [-0.05, 0) is 31.4 Å². The number of ether oxygens (including phenoxy) is 1. The molecule has 0 radical (unpaired) electrons. The predicted molar refractivity (Wildman–Crippen MR) is 79.3 cm³/mol. The predicted octanol–water partition coefficient (Wildman–Crippen LogP) is 3.02. The Morgan fingerprint density at radius 1 is 1.35 bits per heavy atom. The van der Waals surface area contributed by atoms with Crippen LogP contribution in [-0.4, -0.2) is 17.1 Å². The van der Waals surface area contributed by atoms with Crippen molar-refractivity contribution in [1.29, 1.82) is 5.26 Å². The molecule has 1 atom stereocenters. The minimum atomic E-state index is -0.736. The van der Waals surface area contributed by atoms with Gasteiger partial charge < -0.3 is 10.5 Å². The van der Waals surface area contributed by atoms with Gasteiger partial charge >= 0.3 is 0 Å². The first-order valence-electron chi connectivity index (χ1n) is 6.85. The summed E-state index contributed by atoms with van der Waals surface area (Å²) in [5.41, 5.74) is 6.07. The van der Waals surface area contributed by atoms with Crippen LogP contribution in [0.1, 0.15) is 26.2 Å². The standard InChI is InChI=1S/C16H19N3O/c1-2-16(18,12-17)9-5-11-20-14-8-3-6-13-7-4-10-19-15(13)14/h3-4,6-8,10H,2,5,9,11,18H2,1H3. The molecule has 0 bridgehead atoms. The Balaban J connectivity index is 1.96. The van der Waals surface area contributed by atoms with Crippen molar-refractivity contribution in [3.05, 3.63) is 36.5 Å². The molecule has 2 rings (SSSR count). The van der Waals surface area contributed by atoms with E-state index in [0.717, 1.165) is 23.1 Å². The van der Waals surface area contributed by atoms with Crippen molar-refractivity contribution in [2.45, 2.75) is 31.7 Å². The molecule has 0 aliphatic heterocycles. The molecule has 1 heterocycles. The van der Waals surface area contributed by atoms with Gasteiger partial charge in [0, 0.05) is 11.6 Å². The van der Waals surface area contributed by atoms with Crippen LogP contribution < -0.4 is 10.5 Å². The Labute approximate surface area is 119 Å². The number of nitriles is 1. The quantitative estimate of drug-likeness (QED) is 0.818. The van der Waals surface area contributed by atoms with Crippen LogP contribution in [0.5, 0.6) is 5.75 Å². The Morgan fingerprint density at radius 2 is 2.15 bits per heavy atom. The van der Waals surface area contributed by atoms with Crippen LogP contribution in [0.2, 0.25) is 0 Å². The lowest BCUT2D eigenvalue weighted by atomic mass is 9.94. The van der Waals surface area contributed by atoms with Gasteiger partial charge in [0.1, 0.15) is 16.8 Å². The van der Waals surface area contributed by atoms with Crippen LogP contribution >= 0.6 is 0 Å². The van der Waals surface area contributed by atoms with Gasteiger partial charge in [-0.2, -0.15) is 5.26 Å². The second kappa shape index (κ2) is 6.36. The van der Waals surface area contributed by atoms with E-state index in [2.05, 4.69) is 11.1 Å². The topological polar surface area (TPSA) is 71.9 Å². The van der Waals surface area contributed by atoms with Crippen molar-refractivity contribution >= 4 is 10.9 Å². The molecule has 1 aromatic carbocycles. The maximum absolute atomic E-state index is 9.02. The van der Waals surface area contributed by atoms with Crippen LogP contribution in [0.3, 0.4) is 0 Å². The van der Waals surface area contributed by atoms with Crippen LogP contribution in [0.4, 0.5) is 0 Å². The van der Waals surface area contributed by atoms with Crippen molar-refractivity contribution in [2.24, 2.45) is 5.73 Å². The average Bonchev–Trinajstić information content (AvgIpc) is 2.51. The SMILES string of the molecule is CCC(N)(C#N)CCCOc1cccc2cccnc12. The van der Waals surface area contributed by atoms with Crippen LogP contribution in [0.25, 0.3) is 10.9 Å². The highest BCUT2D eigenvalue weighted by Crippen LogP contribution is 2.23. The van der Waals surface area contributed by atoms with E-state index in [4.69, 9.17) is 15.7 Å². The monoisotopic (exact) mass is 269 g/mol. The first-order chi connectivity index (χ1) is 9.68. The zero-order valence-corrected chi connectivity index (χ0v) is 11.7. The minimum Gasteiger partial charge on any atom is -0.491 e. The lowest BCUT2D eigenvalue weighted by Gasteiger charge is -2.19. The second-order valence-electron chi connectivity index (χ2n) is 4.90. The number of rotatable bonds is 6. The third kappa shape index (κ3) is 3.25. The summed E-state index contributed by atoms with van der Waals surface area (Å²) in [6, 6.07) is 11.9. The van der Waals surface area contributed by atoms with Crippen LogP contribution in [-0.2, 0) is 0 Å². The molecule has 0 spiro atoms. The van der Waals surface area contributed by atoms with Gasteiger partial charge in [-0.15, -0.1) is 0 Å². The summed E-state index contributed by atoms with van der Waals surface area (Å²) in [5.74, 6) is 0.777. The molecule has 0 aliphatic rings. The smallest absolute Gasteiger partial charge is 0.145 e. The average molecular weight is 269 g/mol. The maximum atomic E-state index is 9.02. The molecule has 1 aromatic heterocycles. The molecule has 104 valence electrons. The molecule has 0 fully saturated rings. The van der Waals surface area contributed by atoms with Crippen molar-refractivity contribution in [3.8, 4) is 11.8 Å². The molecule has 2 N–H and O–H groups in total. The molecule has 1 unspecified atom stereocenters. The van der Waals surface area contributed by atoms with Gasteiger partial charge in [0.15, 0.2) is 0 Å². The zero-order chi connectivity index (χ0) is 14.4. The third-order valence-corrected chi connectivity index (χ3v) is 3.47. The fourth-order valence-electron chi connectivity index (χ4n) is 2.07. The highest BCUT2D eigenvalue weighted by molar-refractivity contribution is 5.84. The number of pyridine rings is 1. The molecule has 4 nitrogen and oxygen atoms in total. The summed E-state index contributed by atoms with van der Waals surface area (Å²) in [6.45, 7) is 2.47. The number of fused-ring (bicyclic) bond motifs is 1. The first kappa shape index (κ1) is 14.3. The van der Waals surface area contributed by atoms with Crippen LogP contribution in [0.15, 0.2) is 36.5 Å². The van der Waals surface area contributed by atoms with E-state index in [1.807, 2.05) is 37.3 Å². The fourth-order valence-corrected chi connectivity index (χ4v) is 2.07.